The number of thiophene rings is 2. The van der Waals surface area contributed by atoms with Crippen LogP contribution < -0.4 is 5.32 Å². The fraction of sp³-hybridized carbons (Fsp3) is 0.517. The highest BCUT2D eigenvalue weighted by molar-refractivity contribution is 7.99. The van der Waals surface area contributed by atoms with Gasteiger partial charge in [0.25, 0.3) is 0 Å². The Kier molecular flexibility index (Phi) is 7.86. The van der Waals surface area contributed by atoms with Crippen LogP contribution in [0.15, 0.2) is 23.2 Å². The number of nitriles is 1. The Morgan fingerprint density at radius 3 is 2.79 bits per heavy atom. The molecule has 2 unspecified atom stereocenters. The van der Waals surface area contributed by atoms with Crippen molar-refractivity contribution in [3.05, 3.63) is 44.5 Å². The second-order valence-electron chi connectivity index (χ2n) is 11.6. The van der Waals surface area contributed by atoms with Crippen molar-refractivity contribution in [2.24, 2.45) is 17.3 Å². The van der Waals surface area contributed by atoms with Gasteiger partial charge in [-0.05, 0) is 66.9 Å². The molecule has 0 spiro atoms. The van der Waals surface area contributed by atoms with Crippen molar-refractivity contribution in [1.29, 1.82) is 5.26 Å². The smallest absolute Gasteiger partial charge is 0.235 e. The number of nitrogens with zero attached hydrogens (tertiary/aromatic N) is 4. The fourth-order valence-corrected chi connectivity index (χ4v) is 8.86. The molecule has 2 aliphatic rings. The molecule has 3 aromatic heterocycles. The van der Waals surface area contributed by atoms with E-state index in [0.29, 0.717) is 28.2 Å². The van der Waals surface area contributed by atoms with Crippen molar-refractivity contribution in [3.8, 4) is 17.5 Å². The van der Waals surface area contributed by atoms with Gasteiger partial charge in [-0.1, -0.05) is 45.5 Å². The Labute approximate surface area is 237 Å². The van der Waals surface area contributed by atoms with Crippen LogP contribution in [-0.4, -0.2) is 26.4 Å². The highest BCUT2D eigenvalue weighted by Crippen LogP contribution is 2.44. The average Bonchev–Trinajstić information content (AvgIpc) is 3.56. The molecule has 200 valence electrons. The molecule has 0 bridgehead atoms. The number of nitrogens with one attached hydrogen (secondary N) is 1. The van der Waals surface area contributed by atoms with Crippen LogP contribution in [0.5, 0.6) is 0 Å². The van der Waals surface area contributed by atoms with Gasteiger partial charge in [-0.25, -0.2) is 0 Å². The van der Waals surface area contributed by atoms with Gasteiger partial charge in [0.1, 0.15) is 11.1 Å². The van der Waals surface area contributed by atoms with Gasteiger partial charge >= 0.3 is 0 Å². The molecule has 5 rings (SSSR count). The molecule has 3 aromatic rings. The Hall–Kier alpha value is -2.41. The minimum atomic E-state index is -0.130. The molecule has 38 heavy (non-hydrogen) atoms. The predicted molar refractivity (Wildman–Crippen MR) is 158 cm³/mol. The molecule has 2 atom stereocenters. The summed E-state index contributed by atoms with van der Waals surface area (Å²) in [7, 11) is 0. The monoisotopic (exact) mass is 565 g/mol. The minimum Gasteiger partial charge on any atom is -0.316 e. The molecule has 0 fully saturated rings. The standard InChI is InChI=1S/C29H35N5OS3/c1-6-11-34-26(22-15-36-23-12-17(2)7-9-20(22)23)32-33-28(34)37-16-25(35)31-27-21(14-30)19-10-8-18(29(3,4)5)13-24(19)38-27/h6,15,17-18H,1,7-13,16H2,2-5H3,(H,31,35). The third-order valence-corrected chi connectivity index (χ3v) is 11.0. The van der Waals surface area contributed by atoms with Crippen LogP contribution in [0.2, 0.25) is 0 Å². The number of fused-ring (bicyclic) bond motifs is 2. The average molecular weight is 566 g/mol. The van der Waals surface area contributed by atoms with E-state index in [1.54, 1.807) is 11.3 Å². The van der Waals surface area contributed by atoms with E-state index in [1.807, 2.05) is 17.4 Å². The van der Waals surface area contributed by atoms with E-state index in [4.69, 9.17) is 0 Å². The van der Waals surface area contributed by atoms with Crippen molar-refractivity contribution in [2.75, 3.05) is 11.1 Å². The normalized spacial score (nSPS) is 18.9. The fourth-order valence-electron chi connectivity index (χ4n) is 5.58. The SMILES string of the molecule is C=CCn1c(SCC(=O)Nc2sc3c(c2C#N)CCC(C(C)(C)C)C3)nnc1-c1csc2c1CCC(C)C2. The lowest BCUT2D eigenvalue weighted by Gasteiger charge is -2.33. The molecule has 0 radical (unpaired) electrons. The second-order valence-corrected chi connectivity index (χ2v) is 14.6. The first-order chi connectivity index (χ1) is 18.2. The Balaban J connectivity index is 1.30. The molecule has 3 heterocycles. The van der Waals surface area contributed by atoms with E-state index < -0.39 is 0 Å². The zero-order chi connectivity index (χ0) is 27.0. The van der Waals surface area contributed by atoms with Crippen LogP contribution in [-0.2, 0) is 37.0 Å². The lowest BCUT2D eigenvalue weighted by atomic mass is 9.72. The van der Waals surface area contributed by atoms with Crippen LogP contribution in [0.1, 0.15) is 67.0 Å². The molecular formula is C29H35N5OS3. The number of allylic oxidation sites excluding steroid dienone is 1. The molecule has 1 N–H and O–H groups in total. The summed E-state index contributed by atoms with van der Waals surface area (Å²) >= 11 is 4.77. The first-order valence-corrected chi connectivity index (χ1v) is 16.0. The maximum atomic E-state index is 13.0. The van der Waals surface area contributed by atoms with E-state index in [0.717, 1.165) is 49.4 Å². The van der Waals surface area contributed by atoms with Crippen LogP contribution >= 0.6 is 34.4 Å². The van der Waals surface area contributed by atoms with Gasteiger partial charge < -0.3 is 5.32 Å². The first-order valence-electron chi connectivity index (χ1n) is 13.3. The van der Waals surface area contributed by atoms with Crippen LogP contribution in [0.3, 0.4) is 0 Å². The summed E-state index contributed by atoms with van der Waals surface area (Å²) in [6, 6.07) is 2.36. The van der Waals surface area contributed by atoms with Gasteiger partial charge in [0.15, 0.2) is 11.0 Å². The summed E-state index contributed by atoms with van der Waals surface area (Å²) in [5.41, 5.74) is 4.57. The molecule has 0 saturated carbocycles. The van der Waals surface area contributed by atoms with Crippen molar-refractivity contribution in [1.82, 2.24) is 14.8 Å². The molecule has 0 aromatic carbocycles. The Bertz CT molecular complexity index is 1400. The number of thioether (sulfide) groups is 1. The first kappa shape index (κ1) is 27.2. The van der Waals surface area contributed by atoms with Crippen molar-refractivity contribution >= 4 is 45.3 Å². The molecule has 0 saturated heterocycles. The number of rotatable bonds is 7. The summed E-state index contributed by atoms with van der Waals surface area (Å²) in [5.74, 6) is 2.23. The molecule has 9 heteroatoms. The Morgan fingerprint density at radius 2 is 2.05 bits per heavy atom. The summed E-state index contributed by atoms with van der Waals surface area (Å²) in [6.07, 6.45) is 8.20. The largest absolute Gasteiger partial charge is 0.316 e. The molecule has 2 aliphatic carbocycles. The second kappa shape index (κ2) is 11.0. The Morgan fingerprint density at radius 1 is 1.26 bits per heavy atom. The zero-order valence-electron chi connectivity index (χ0n) is 22.6. The number of hydrogen-bond acceptors (Lipinski definition) is 7. The van der Waals surface area contributed by atoms with Crippen molar-refractivity contribution < 1.29 is 4.79 Å². The number of anilines is 1. The number of amides is 1. The maximum absolute atomic E-state index is 13.0. The van der Waals surface area contributed by atoms with Gasteiger partial charge in [0.05, 0.1) is 11.3 Å². The maximum Gasteiger partial charge on any atom is 0.235 e. The molecule has 6 nitrogen and oxygen atoms in total. The summed E-state index contributed by atoms with van der Waals surface area (Å²) in [4.78, 5) is 15.7. The molecular weight excluding hydrogens is 531 g/mol. The van der Waals surface area contributed by atoms with Gasteiger partial charge in [-0.2, -0.15) is 5.26 Å². The van der Waals surface area contributed by atoms with E-state index in [9.17, 15) is 10.1 Å². The van der Waals surface area contributed by atoms with Crippen LogP contribution in [0, 0.1) is 28.6 Å². The topological polar surface area (TPSA) is 83.6 Å². The number of carbonyl (C=O) groups excluding carboxylic acids is 1. The molecule has 0 aliphatic heterocycles. The van der Waals surface area contributed by atoms with Gasteiger partial charge in [0, 0.05) is 27.2 Å². The predicted octanol–water partition coefficient (Wildman–Crippen LogP) is 7.13. The lowest BCUT2D eigenvalue weighted by molar-refractivity contribution is -0.113. The van der Waals surface area contributed by atoms with E-state index >= 15 is 0 Å². The third kappa shape index (κ3) is 5.36. The third-order valence-electron chi connectivity index (χ3n) is 7.86. The van der Waals surface area contributed by atoms with Gasteiger partial charge in [0.2, 0.25) is 5.91 Å². The van der Waals surface area contributed by atoms with E-state index in [1.165, 1.54) is 39.1 Å². The number of hydrogen-bond donors (Lipinski definition) is 1. The van der Waals surface area contributed by atoms with Crippen molar-refractivity contribution in [3.63, 3.8) is 0 Å². The van der Waals surface area contributed by atoms with Gasteiger partial charge in [-0.15, -0.1) is 39.4 Å². The highest BCUT2D eigenvalue weighted by atomic mass is 32.2. The summed E-state index contributed by atoms with van der Waals surface area (Å²) < 4.78 is 2.06. The van der Waals surface area contributed by atoms with Crippen molar-refractivity contribution in [2.45, 2.75) is 77.9 Å². The summed E-state index contributed by atoms with van der Waals surface area (Å²) in [6.45, 7) is 13.7. The van der Waals surface area contributed by atoms with E-state index in [-0.39, 0.29) is 17.1 Å². The van der Waals surface area contributed by atoms with E-state index in [2.05, 4.69) is 65.8 Å². The number of carbonyl (C=O) groups is 1. The highest BCUT2D eigenvalue weighted by Gasteiger charge is 2.32. The minimum absolute atomic E-state index is 0.130. The van der Waals surface area contributed by atoms with Crippen LogP contribution in [0.25, 0.3) is 11.4 Å². The zero-order valence-corrected chi connectivity index (χ0v) is 25.0. The van der Waals surface area contributed by atoms with Crippen LogP contribution in [0.4, 0.5) is 5.00 Å². The summed E-state index contributed by atoms with van der Waals surface area (Å²) in [5, 5.41) is 25.5. The molecule has 1 amide bonds. The number of aromatic nitrogens is 3. The lowest BCUT2D eigenvalue weighted by Crippen LogP contribution is -2.26. The van der Waals surface area contributed by atoms with Gasteiger partial charge in [-0.3, -0.25) is 9.36 Å². The quantitative estimate of drug-likeness (QED) is 0.243.